The number of likely N-dealkylation sites (N-methyl/N-ethyl adjacent to an activating group) is 1. The lowest BCUT2D eigenvalue weighted by atomic mass is 10.00. The van der Waals surface area contributed by atoms with Gasteiger partial charge >= 0.3 is 0 Å². The van der Waals surface area contributed by atoms with Crippen LogP contribution in [0.25, 0.3) is 0 Å². The maximum absolute atomic E-state index is 13.0. The summed E-state index contributed by atoms with van der Waals surface area (Å²) in [6.45, 7) is 5.00. The van der Waals surface area contributed by atoms with Crippen LogP contribution >= 0.6 is 11.6 Å². The smallest absolute Gasteiger partial charge is 0.227 e. The minimum absolute atomic E-state index is 0.0982. The van der Waals surface area contributed by atoms with Crippen molar-refractivity contribution >= 4 is 17.5 Å². The first kappa shape index (κ1) is 17.0. The number of carbonyl (C=O) groups is 1. The van der Waals surface area contributed by atoms with Crippen LogP contribution in [0.1, 0.15) is 18.5 Å². The van der Waals surface area contributed by atoms with E-state index in [0.29, 0.717) is 11.6 Å². The van der Waals surface area contributed by atoms with Gasteiger partial charge in [-0.05, 0) is 12.6 Å². The zero-order valence-electron chi connectivity index (χ0n) is 14.1. The third kappa shape index (κ3) is 3.79. The summed E-state index contributed by atoms with van der Waals surface area (Å²) in [7, 11) is 2.10. The van der Waals surface area contributed by atoms with Gasteiger partial charge in [0.15, 0.2) is 0 Å². The van der Waals surface area contributed by atoms with Crippen LogP contribution in [0.5, 0.6) is 0 Å². The van der Waals surface area contributed by atoms with Gasteiger partial charge in [-0.1, -0.05) is 48.9 Å². The van der Waals surface area contributed by atoms with Gasteiger partial charge < -0.3 is 9.80 Å². The third-order valence-corrected chi connectivity index (χ3v) is 4.73. The maximum atomic E-state index is 13.0. The second-order valence-corrected chi connectivity index (χ2v) is 6.94. The molecule has 1 fully saturated rings. The van der Waals surface area contributed by atoms with Crippen molar-refractivity contribution in [3.8, 4) is 0 Å². The Morgan fingerprint density at radius 3 is 2.75 bits per heavy atom. The fourth-order valence-electron chi connectivity index (χ4n) is 3.22. The van der Waals surface area contributed by atoms with Gasteiger partial charge in [0.1, 0.15) is 0 Å². The van der Waals surface area contributed by atoms with Gasteiger partial charge in [-0.3, -0.25) is 9.48 Å². The summed E-state index contributed by atoms with van der Waals surface area (Å²) < 4.78 is 1.73. The highest BCUT2D eigenvalue weighted by Gasteiger charge is 2.32. The van der Waals surface area contributed by atoms with E-state index in [9.17, 15) is 4.79 Å². The Hall–Kier alpha value is -1.85. The Kier molecular flexibility index (Phi) is 5.21. The van der Waals surface area contributed by atoms with E-state index >= 15 is 0 Å². The summed E-state index contributed by atoms with van der Waals surface area (Å²) in [5.41, 5.74) is 1.19. The zero-order valence-corrected chi connectivity index (χ0v) is 14.9. The van der Waals surface area contributed by atoms with Crippen LogP contribution in [0.15, 0.2) is 42.7 Å². The van der Waals surface area contributed by atoms with Crippen molar-refractivity contribution < 1.29 is 4.79 Å². The highest BCUT2D eigenvalue weighted by atomic mass is 35.5. The number of benzene rings is 1. The molecule has 0 radical (unpaired) electrons. The Balaban J connectivity index is 1.75. The molecule has 2 atom stereocenters. The summed E-state index contributed by atoms with van der Waals surface area (Å²) in [4.78, 5) is 17.3. The molecule has 1 aromatic heterocycles. The van der Waals surface area contributed by atoms with E-state index in [0.717, 1.165) is 19.6 Å². The third-order valence-electron chi connectivity index (χ3n) is 4.54. The van der Waals surface area contributed by atoms with Gasteiger partial charge in [-0.25, -0.2) is 0 Å². The molecule has 2 aromatic rings. The van der Waals surface area contributed by atoms with Crippen molar-refractivity contribution in [1.29, 1.82) is 0 Å². The lowest BCUT2D eigenvalue weighted by molar-refractivity contribution is -0.140. The predicted molar refractivity (Wildman–Crippen MR) is 94.8 cm³/mol. The molecule has 0 saturated carbocycles. The average Bonchev–Trinajstić information content (AvgIpc) is 3.00. The van der Waals surface area contributed by atoms with Crippen LogP contribution in [0.4, 0.5) is 0 Å². The minimum atomic E-state index is -0.143. The summed E-state index contributed by atoms with van der Waals surface area (Å²) in [5.74, 6) is 0.0270. The molecule has 128 valence electrons. The highest BCUT2D eigenvalue weighted by Crippen LogP contribution is 2.26. The Bertz CT molecular complexity index is 687. The van der Waals surface area contributed by atoms with Crippen LogP contribution < -0.4 is 0 Å². The number of nitrogens with zero attached hydrogens (tertiary/aromatic N) is 4. The summed E-state index contributed by atoms with van der Waals surface area (Å²) >= 11 is 5.91. The molecule has 0 N–H and O–H groups in total. The second-order valence-electron chi connectivity index (χ2n) is 6.50. The molecular formula is C18H23ClN4O. The largest absolute Gasteiger partial charge is 0.333 e. The molecule has 1 aromatic carbocycles. The standard InChI is InChI=1S/C18H23ClN4O/c1-14(11-22-12-16(19)10-20-22)18(24)23-9-8-21(2)13-17(23)15-6-4-3-5-7-15/h3-7,10,12,14,17H,8-9,11,13H2,1-2H3. The first-order chi connectivity index (χ1) is 11.5. The molecule has 1 amide bonds. The quantitative estimate of drug-likeness (QED) is 0.854. The number of halogens is 1. The van der Waals surface area contributed by atoms with E-state index in [-0.39, 0.29) is 17.9 Å². The van der Waals surface area contributed by atoms with Gasteiger partial charge in [-0.15, -0.1) is 0 Å². The SMILES string of the molecule is CC(Cn1cc(Cl)cn1)C(=O)N1CCN(C)CC1c1ccccc1. The Labute approximate surface area is 147 Å². The molecule has 2 unspecified atom stereocenters. The molecular weight excluding hydrogens is 324 g/mol. The lowest BCUT2D eigenvalue weighted by Crippen LogP contribution is -2.51. The summed E-state index contributed by atoms with van der Waals surface area (Å²) in [5, 5.41) is 4.77. The molecule has 0 aliphatic carbocycles. The van der Waals surface area contributed by atoms with E-state index in [1.807, 2.05) is 30.0 Å². The van der Waals surface area contributed by atoms with E-state index in [1.54, 1.807) is 17.1 Å². The van der Waals surface area contributed by atoms with Crippen molar-refractivity contribution in [2.24, 2.45) is 5.92 Å². The van der Waals surface area contributed by atoms with Gasteiger partial charge in [0.25, 0.3) is 0 Å². The number of carbonyl (C=O) groups excluding carboxylic acids is 1. The van der Waals surface area contributed by atoms with Gasteiger partial charge in [-0.2, -0.15) is 5.10 Å². The molecule has 1 aliphatic rings. The number of hydrogen-bond acceptors (Lipinski definition) is 3. The minimum Gasteiger partial charge on any atom is -0.333 e. The predicted octanol–water partition coefficient (Wildman–Crippen LogP) is 2.69. The fourth-order valence-corrected chi connectivity index (χ4v) is 3.38. The van der Waals surface area contributed by atoms with E-state index < -0.39 is 0 Å². The molecule has 0 spiro atoms. The van der Waals surface area contributed by atoms with E-state index in [4.69, 9.17) is 11.6 Å². The second kappa shape index (κ2) is 7.36. The lowest BCUT2D eigenvalue weighted by Gasteiger charge is -2.41. The van der Waals surface area contributed by atoms with Crippen LogP contribution in [-0.2, 0) is 11.3 Å². The van der Waals surface area contributed by atoms with Crippen LogP contribution in [-0.4, -0.2) is 52.2 Å². The van der Waals surface area contributed by atoms with Crippen molar-refractivity contribution in [2.75, 3.05) is 26.7 Å². The van der Waals surface area contributed by atoms with Gasteiger partial charge in [0.2, 0.25) is 5.91 Å². The first-order valence-corrected chi connectivity index (χ1v) is 8.64. The zero-order chi connectivity index (χ0) is 17.1. The number of amides is 1. The summed E-state index contributed by atoms with van der Waals surface area (Å²) in [6.07, 6.45) is 3.35. The van der Waals surface area contributed by atoms with Crippen LogP contribution in [0.2, 0.25) is 5.02 Å². The maximum Gasteiger partial charge on any atom is 0.227 e. The number of piperazine rings is 1. The first-order valence-electron chi connectivity index (χ1n) is 8.26. The Morgan fingerprint density at radius 1 is 1.33 bits per heavy atom. The average molecular weight is 347 g/mol. The molecule has 2 heterocycles. The number of hydrogen-bond donors (Lipinski definition) is 0. The molecule has 24 heavy (non-hydrogen) atoms. The van der Waals surface area contributed by atoms with Crippen molar-refractivity contribution in [3.05, 3.63) is 53.3 Å². The molecule has 1 aliphatic heterocycles. The summed E-state index contributed by atoms with van der Waals surface area (Å²) in [6, 6.07) is 10.4. The Morgan fingerprint density at radius 2 is 2.08 bits per heavy atom. The highest BCUT2D eigenvalue weighted by molar-refractivity contribution is 6.30. The van der Waals surface area contributed by atoms with Gasteiger partial charge in [0, 0.05) is 25.8 Å². The molecule has 0 bridgehead atoms. The number of rotatable bonds is 4. The fraction of sp³-hybridized carbons (Fsp3) is 0.444. The van der Waals surface area contributed by atoms with Gasteiger partial charge in [0.05, 0.1) is 29.7 Å². The monoisotopic (exact) mass is 346 g/mol. The number of aromatic nitrogens is 2. The molecule has 3 rings (SSSR count). The molecule has 1 saturated heterocycles. The normalized spacial score (nSPS) is 20.1. The van der Waals surface area contributed by atoms with Crippen LogP contribution in [0, 0.1) is 5.92 Å². The van der Waals surface area contributed by atoms with Crippen molar-refractivity contribution in [1.82, 2.24) is 19.6 Å². The van der Waals surface area contributed by atoms with Crippen LogP contribution in [0.3, 0.4) is 0 Å². The topological polar surface area (TPSA) is 41.4 Å². The van der Waals surface area contributed by atoms with Crippen molar-refractivity contribution in [3.63, 3.8) is 0 Å². The van der Waals surface area contributed by atoms with E-state index in [1.165, 1.54) is 5.56 Å². The molecule has 5 nitrogen and oxygen atoms in total. The molecule has 6 heteroatoms. The van der Waals surface area contributed by atoms with E-state index in [2.05, 4.69) is 29.2 Å². The van der Waals surface area contributed by atoms with Crippen molar-refractivity contribution in [2.45, 2.75) is 19.5 Å².